The average Bonchev–Trinajstić information content (AvgIpc) is 2.67. The van der Waals surface area contributed by atoms with Gasteiger partial charge < -0.3 is 20.3 Å². The molecule has 29 heavy (non-hydrogen) atoms. The lowest BCUT2D eigenvalue weighted by atomic mass is 10.1. The van der Waals surface area contributed by atoms with Crippen LogP contribution in [0.5, 0.6) is 5.75 Å². The van der Waals surface area contributed by atoms with E-state index in [9.17, 15) is 0 Å². The third-order valence-electron chi connectivity index (χ3n) is 4.48. The summed E-state index contributed by atoms with van der Waals surface area (Å²) < 4.78 is 5.48. The molecule has 6 heteroatoms. The number of ether oxygens (including phenoxy) is 1. The minimum absolute atomic E-state index is 0. The van der Waals surface area contributed by atoms with Crippen molar-refractivity contribution in [1.82, 2.24) is 15.5 Å². The Hall–Kier alpha value is -1.80. The normalized spacial score (nSPS) is 11.2. The van der Waals surface area contributed by atoms with Gasteiger partial charge >= 0.3 is 0 Å². The lowest BCUT2D eigenvalue weighted by molar-refractivity contribution is 0.401. The number of nitrogens with zero attached hydrogens (tertiary/aromatic N) is 2. The zero-order valence-electron chi connectivity index (χ0n) is 18.3. The maximum absolute atomic E-state index is 5.48. The molecule has 160 valence electrons. The Labute approximate surface area is 193 Å². The number of guanidine groups is 1. The van der Waals surface area contributed by atoms with Crippen molar-refractivity contribution in [3.05, 3.63) is 64.7 Å². The van der Waals surface area contributed by atoms with Crippen molar-refractivity contribution in [3.8, 4) is 5.75 Å². The minimum Gasteiger partial charge on any atom is -0.496 e. The van der Waals surface area contributed by atoms with Gasteiger partial charge in [0.1, 0.15) is 5.75 Å². The predicted molar refractivity (Wildman–Crippen MR) is 134 cm³/mol. The summed E-state index contributed by atoms with van der Waals surface area (Å²) in [7, 11) is 5.90. The van der Waals surface area contributed by atoms with Crippen molar-refractivity contribution < 1.29 is 4.74 Å². The van der Waals surface area contributed by atoms with Gasteiger partial charge in [0.15, 0.2) is 5.96 Å². The highest BCUT2D eigenvalue weighted by molar-refractivity contribution is 14.0. The first-order chi connectivity index (χ1) is 13.5. The molecule has 0 saturated carbocycles. The van der Waals surface area contributed by atoms with Crippen LogP contribution in [0, 0.1) is 6.92 Å². The summed E-state index contributed by atoms with van der Waals surface area (Å²) in [6.45, 7) is 7.40. The van der Waals surface area contributed by atoms with E-state index < -0.39 is 0 Å². The van der Waals surface area contributed by atoms with E-state index in [0.29, 0.717) is 6.54 Å². The molecule has 0 aliphatic heterocycles. The van der Waals surface area contributed by atoms with Crippen molar-refractivity contribution in [2.45, 2.75) is 33.4 Å². The Kier molecular flexibility index (Phi) is 11.7. The molecule has 0 spiro atoms. The molecule has 2 aromatic rings. The molecule has 0 radical (unpaired) electrons. The number of nitrogens with one attached hydrogen (secondary N) is 2. The number of hydrogen-bond acceptors (Lipinski definition) is 3. The molecule has 0 saturated heterocycles. The summed E-state index contributed by atoms with van der Waals surface area (Å²) in [4.78, 5) is 6.97. The zero-order chi connectivity index (χ0) is 20.4. The second-order valence-corrected chi connectivity index (χ2v) is 7.19. The molecule has 0 amide bonds. The van der Waals surface area contributed by atoms with E-state index in [1.807, 2.05) is 6.07 Å². The van der Waals surface area contributed by atoms with Crippen LogP contribution in [0.1, 0.15) is 29.2 Å². The smallest absolute Gasteiger partial charge is 0.191 e. The Morgan fingerprint density at radius 1 is 1.03 bits per heavy atom. The van der Waals surface area contributed by atoms with Gasteiger partial charge in [0.05, 0.1) is 13.7 Å². The average molecular weight is 510 g/mol. The molecule has 0 heterocycles. The van der Waals surface area contributed by atoms with Crippen LogP contribution >= 0.6 is 24.0 Å². The van der Waals surface area contributed by atoms with Crippen LogP contribution < -0.4 is 15.4 Å². The van der Waals surface area contributed by atoms with Crippen LogP contribution in [0.2, 0.25) is 0 Å². The summed E-state index contributed by atoms with van der Waals surface area (Å²) in [5, 5.41) is 6.78. The highest BCUT2D eigenvalue weighted by Gasteiger charge is 2.06. The first kappa shape index (κ1) is 25.2. The van der Waals surface area contributed by atoms with E-state index in [4.69, 9.17) is 9.73 Å². The summed E-state index contributed by atoms with van der Waals surface area (Å²) in [5.74, 6) is 1.78. The fourth-order valence-corrected chi connectivity index (χ4v) is 3.13. The highest BCUT2D eigenvalue weighted by Crippen LogP contribution is 2.19. The third kappa shape index (κ3) is 8.62. The van der Waals surface area contributed by atoms with Crippen LogP contribution in [0.15, 0.2) is 47.5 Å². The number of halogens is 1. The van der Waals surface area contributed by atoms with E-state index in [2.05, 4.69) is 79.9 Å². The Morgan fingerprint density at radius 3 is 2.41 bits per heavy atom. The molecule has 2 rings (SSSR count). The fourth-order valence-electron chi connectivity index (χ4n) is 3.13. The molecule has 2 aromatic carbocycles. The van der Waals surface area contributed by atoms with Gasteiger partial charge in [-0.3, -0.25) is 0 Å². The molecule has 0 aromatic heterocycles. The second kappa shape index (κ2) is 13.4. The van der Waals surface area contributed by atoms with Crippen molar-refractivity contribution >= 4 is 29.9 Å². The fraction of sp³-hybridized carbons (Fsp3) is 0.435. The molecule has 0 aliphatic carbocycles. The number of aryl methyl sites for hydroxylation is 1. The van der Waals surface area contributed by atoms with Gasteiger partial charge in [-0.25, -0.2) is 4.99 Å². The van der Waals surface area contributed by atoms with Gasteiger partial charge in [-0.05, 0) is 57.1 Å². The molecule has 0 atom stereocenters. The number of aliphatic imine (C=N–C) groups is 1. The first-order valence-electron chi connectivity index (χ1n) is 9.90. The minimum atomic E-state index is 0. The van der Waals surface area contributed by atoms with E-state index >= 15 is 0 Å². The second-order valence-electron chi connectivity index (χ2n) is 7.19. The van der Waals surface area contributed by atoms with E-state index in [1.165, 1.54) is 22.3 Å². The summed E-state index contributed by atoms with van der Waals surface area (Å²) in [6, 6.07) is 14.8. The van der Waals surface area contributed by atoms with Crippen molar-refractivity contribution in [2.24, 2.45) is 4.99 Å². The molecule has 0 fully saturated rings. The number of methoxy groups -OCH3 is 1. The molecule has 0 aliphatic rings. The maximum atomic E-state index is 5.48. The monoisotopic (exact) mass is 510 g/mol. The zero-order valence-corrected chi connectivity index (χ0v) is 20.6. The highest BCUT2D eigenvalue weighted by atomic mass is 127. The summed E-state index contributed by atoms with van der Waals surface area (Å²) in [6.07, 6.45) is 0.881. The molecule has 0 unspecified atom stereocenters. The van der Waals surface area contributed by atoms with E-state index in [-0.39, 0.29) is 24.0 Å². The topological polar surface area (TPSA) is 48.9 Å². The van der Waals surface area contributed by atoms with Crippen molar-refractivity contribution in [3.63, 3.8) is 0 Å². The Morgan fingerprint density at radius 2 is 1.76 bits per heavy atom. The Balaban J connectivity index is 0.00000420. The van der Waals surface area contributed by atoms with Gasteiger partial charge in [0, 0.05) is 19.6 Å². The van der Waals surface area contributed by atoms with Gasteiger partial charge in [0.25, 0.3) is 0 Å². The number of hydrogen-bond donors (Lipinski definition) is 2. The van der Waals surface area contributed by atoms with Gasteiger partial charge in [-0.15, -0.1) is 24.0 Å². The first-order valence-corrected chi connectivity index (χ1v) is 9.90. The lowest BCUT2D eigenvalue weighted by Gasteiger charge is -2.15. The van der Waals surface area contributed by atoms with Gasteiger partial charge in [0.2, 0.25) is 0 Å². The van der Waals surface area contributed by atoms with Crippen LogP contribution in [-0.4, -0.2) is 45.2 Å². The van der Waals surface area contributed by atoms with Crippen LogP contribution in [0.25, 0.3) is 0 Å². The SMILES string of the molecule is CCNC(=NCc1ccccc1CN(C)C)NCCc1cc(C)ccc1OC.I. The summed E-state index contributed by atoms with van der Waals surface area (Å²) >= 11 is 0. The molecular weight excluding hydrogens is 475 g/mol. The van der Waals surface area contributed by atoms with Crippen molar-refractivity contribution in [1.29, 1.82) is 0 Å². The van der Waals surface area contributed by atoms with Crippen LogP contribution in [0.3, 0.4) is 0 Å². The number of benzene rings is 2. The third-order valence-corrected chi connectivity index (χ3v) is 4.48. The van der Waals surface area contributed by atoms with Crippen LogP contribution in [0.4, 0.5) is 0 Å². The molecular formula is C23H35IN4O. The lowest BCUT2D eigenvalue weighted by Crippen LogP contribution is -2.38. The van der Waals surface area contributed by atoms with E-state index in [1.54, 1.807) is 7.11 Å². The molecule has 5 nitrogen and oxygen atoms in total. The van der Waals surface area contributed by atoms with E-state index in [0.717, 1.165) is 37.8 Å². The quantitative estimate of drug-likeness (QED) is 0.305. The largest absolute Gasteiger partial charge is 0.496 e. The van der Waals surface area contributed by atoms with Gasteiger partial charge in [-0.1, -0.05) is 42.0 Å². The standard InChI is InChI=1S/C23H34N4O.HI/c1-6-24-23(25-14-13-19-15-18(2)11-12-22(19)28-5)26-16-20-9-7-8-10-21(20)17-27(3)4;/h7-12,15H,6,13-14,16-17H2,1-5H3,(H2,24,25,26);1H. The number of rotatable bonds is 9. The van der Waals surface area contributed by atoms with Crippen LogP contribution in [-0.2, 0) is 19.5 Å². The van der Waals surface area contributed by atoms with Crippen molar-refractivity contribution in [2.75, 3.05) is 34.3 Å². The Bertz CT molecular complexity index is 777. The van der Waals surface area contributed by atoms with Gasteiger partial charge in [-0.2, -0.15) is 0 Å². The molecule has 2 N–H and O–H groups in total. The summed E-state index contributed by atoms with van der Waals surface area (Å²) in [5.41, 5.74) is 5.03. The predicted octanol–water partition coefficient (Wildman–Crippen LogP) is 3.98. The maximum Gasteiger partial charge on any atom is 0.191 e. The molecule has 0 bridgehead atoms.